The normalized spacial score (nSPS) is 18.7. The van der Waals surface area contributed by atoms with Gasteiger partial charge in [-0.25, -0.2) is 0 Å². The van der Waals surface area contributed by atoms with Crippen molar-refractivity contribution in [3.05, 3.63) is 42.5 Å². The van der Waals surface area contributed by atoms with Crippen molar-refractivity contribution in [2.75, 3.05) is 19.6 Å². The van der Waals surface area contributed by atoms with Crippen molar-refractivity contribution < 1.29 is 4.79 Å². The van der Waals surface area contributed by atoms with E-state index >= 15 is 0 Å². The summed E-state index contributed by atoms with van der Waals surface area (Å²) in [5.41, 5.74) is 1.74. The molecule has 2 aromatic rings. The summed E-state index contributed by atoms with van der Waals surface area (Å²) in [6.07, 6.45) is 4.38. The van der Waals surface area contributed by atoms with Crippen molar-refractivity contribution in [1.29, 1.82) is 0 Å². The second-order valence-corrected chi connectivity index (χ2v) is 7.40. The standard InChI is InChI=1S/C18H25N5O/c1-18(2,3)23-8-7-14(11-23)10-19-17(24)15-5-4-6-16(9-15)22-12-20-21-13-22/h4-6,9,12-14H,7-8,10-11H2,1-3H3,(H,19,24)/t14-/m0/s1. The van der Waals surface area contributed by atoms with Gasteiger partial charge in [0.15, 0.2) is 0 Å². The molecule has 1 fully saturated rings. The van der Waals surface area contributed by atoms with Gasteiger partial charge >= 0.3 is 0 Å². The summed E-state index contributed by atoms with van der Waals surface area (Å²) in [4.78, 5) is 14.9. The van der Waals surface area contributed by atoms with Gasteiger partial charge in [-0.1, -0.05) is 6.07 Å². The molecule has 2 heterocycles. The third-order valence-electron chi connectivity index (χ3n) is 4.61. The Morgan fingerprint density at radius 3 is 2.71 bits per heavy atom. The van der Waals surface area contributed by atoms with Crippen molar-refractivity contribution in [3.63, 3.8) is 0 Å². The fraction of sp³-hybridized carbons (Fsp3) is 0.500. The number of nitrogens with zero attached hydrogens (tertiary/aromatic N) is 4. The molecule has 0 bridgehead atoms. The molecule has 1 aliphatic rings. The van der Waals surface area contributed by atoms with Crippen molar-refractivity contribution in [2.24, 2.45) is 5.92 Å². The van der Waals surface area contributed by atoms with Gasteiger partial charge in [-0.05, 0) is 57.9 Å². The van der Waals surface area contributed by atoms with Crippen LogP contribution in [0, 0.1) is 5.92 Å². The van der Waals surface area contributed by atoms with Gasteiger partial charge in [-0.2, -0.15) is 0 Å². The van der Waals surface area contributed by atoms with Gasteiger partial charge in [0.25, 0.3) is 5.91 Å². The first-order valence-electron chi connectivity index (χ1n) is 8.42. The van der Waals surface area contributed by atoms with E-state index in [2.05, 4.69) is 41.2 Å². The second-order valence-electron chi connectivity index (χ2n) is 7.40. The summed E-state index contributed by atoms with van der Waals surface area (Å²) in [6, 6.07) is 7.49. The van der Waals surface area contributed by atoms with Crippen LogP contribution in [-0.2, 0) is 0 Å². The third kappa shape index (κ3) is 3.82. The first-order chi connectivity index (χ1) is 11.4. The number of aromatic nitrogens is 3. The minimum Gasteiger partial charge on any atom is -0.352 e. The summed E-state index contributed by atoms with van der Waals surface area (Å²) in [7, 11) is 0. The Kier molecular flexibility index (Phi) is 4.66. The number of benzene rings is 1. The molecule has 1 aliphatic heterocycles. The fourth-order valence-electron chi connectivity index (χ4n) is 3.09. The molecule has 0 spiro atoms. The molecule has 6 nitrogen and oxygen atoms in total. The Morgan fingerprint density at radius 2 is 2.04 bits per heavy atom. The van der Waals surface area contributed by atoms with Crippen LogP contribution < -0.4 is 5.32 Å². The topological polar surface area (TPSA) is 63.1 Å². The Morgan fingerprint density at radius 1 is 1.29 bits per heavy atom. The van der Waals surface area contributed by atoms with E-state index in [0.29, 0.717) is 11.5 Å². The van der Waals surface area contributed by atoms with E-state index in [0.717, 1.165) is 31.7 Å². The molecule has 128 valence electrons. The Bertz CT molecular complexity index is 690. The lowest BCUT2D eigenvalue weighted by atomic mass is 10.1. The molecule has 3 rings (SSSR count). The van der Waals surface area contributed by atoms with Gasteiger partial charge in [0.05, 0.1) is 0 Å². The molecule has 1 aromatic carbocycles. The molecule has 1 saturated heterocycles. The maximum Gasteiger partial charge on any atom is 0.251 e. The third-order valence-corrected chi connectivity index (χ3v) is 4.61. The van der Waals surface area contributed by atoms with Crippen molar-refractivity contribution in [2.45, 2.75) is 32.7 Å². The lowest BCUT2D eigenvalue weighted by Crippen LogP contribution is -2.40. The van der Waals surface area contributed by atoms with E-state index in [1.165, 1.54) is 0 Å². The van der Waals surface area contributed by atoms with Gasteiger partial charge in [0.2, 0.25) is 0 Å². The number of carbonyl (C=O) groups excluding carboxylic acids is 1. The molecule has 1 aromatic heterocycles. The molecule has 1 atom stereocenters. The highest BCUT2D eigenvalue weighted by Gasteiger charge is 2.30. The number of carbonyl (C=O) groups is 1. The molecular weight excluding hydrogens is 302 g/mol. The predicted octanol–water partition coefficient (Wildman–Crippen LogP) is 2.12. The molecule has 0 saturated carbocycles. The Balaban J connectivity index is 1.57. The molecule has 1 N–H and O–H groups in total. The Labute approximate surface area is 142 Å². The minimum absolute atomic E-state index is 0.0286. The van der Waals surface area contributed by atoms with Crippen molar-refractivity contribution >= 4 is 5.91 Å². The molecule has 6 heteroatoms. The molecular formula is C18H25N5O. The smallest absolute Gasteiger partial charge is 0.251 e. The first kappa shape index (κ1) is 16.6. The summed E-state index contributed by atoms with van der Waals surface area (Å²) >= 11 is 0. The number of amides is 1. The quantitative estimate of drug-likeness (QED) is 0.934. The van der Waals surface area contributed by atoms with Crippen LogP contribution in [-0.4, -0.2) is 50.7 Å². The number of nitrogens with one attached hydrogen (secondary N) is 1. The highest BCUT2D eigenvalue weighted by atomic mass is 16.1. The van der Waals surface area contributed by atoms with Crippen LogP contribution in [0.1, 0.15) is 37.6 Å². The van der Waals surface area contributed by atoms with Crippen molar-refractivity contribution in [1.82, 2.24) is 25.0 Å². The lowest BCUT2D eigenvalue weighted by molar-refractivity contribution is 0.0946. The summed E-state index contributed by atoms with van der Waals surface area (Å²) in [5, 5.41) is 10.7. The largest absolute Gasteiger partial charge is 0.352 e. The average Bonchev–Trinajstić information content (AvgIpc) is 3.23. The molecule has 24 heavy (non-hydrogen) atoms. The van der Waals surface area contributed by atoms with E-state index in [1.807, 2.05) is 24.3 Å². The number of likely N-dealkylation sites (tertiary alicyclic amines) is 1. The van der Waals surface area contributed by atoms with Gasteiger partial charge in [-0.15, -0.1) is 10.2 Å². The number of hydrogen-bond donors (Lipinski definition) is 1. The van der Waals surface area contributed by atoms with Gasteiger partial charge < -0.3 is 5.32 Å². The zero-order chi connectivity index (χ0) is 17.2. The average molecular weight is 327 g/mol. The molecule has 1 amide bonds. The van der Waals surface area contributed by atoms with E-state index < -0.39 is 0 Å². The van der Waals surface area contributed by atoms with Crippen LogP contribution in [0.4, 0.5) is 0 Å². The van der Waals surface area contributed by atoms with Crippen LogP contribution in [0.25, 0.3) is 5.69 Å². The van der Waals surface area contributed by atoms with Crippen LogP contribution in [0.2, 0.25) is 0 Å². The summed E-state index contributed by atoms with van der Waals surface area (Å²) in [5.74, 6) is 0.494. The second kappa shape index (κ2) is 6.73. The minimum atomic E-state index is -0.0286. The van der Waals surface area contributed by atoms with Crippen LogP contribution in [0.3, 0.4) is 0 Å². The summed E-state index contributed by atoms with van der Waals surface area (Å²) < 4.78 is 1.79. The van der Waals surface area contributed by atoms with Crippen LogP contribution in [0.15, 0.2) is 36.9 Å². The predicted molar refractivity (Wildman–Crippen MR) is 93.1 cm³/mol. The zero-order valence-corrected chi connectivity index (χ0v) is 14.6. The van der Waals surface area contributed by atoms with Crippen molar-refractivity contribution in [3.8, 4) is 5.69 Å². The highest BCUT2D eigenvalue weighted by molar-refractivity contribution is 5.94. The monoisotopic (exact) mass is 327 g/mol. The Hall–Kier alpha value is -2.21. The summed E-state index contributed by atoms with van der Waals surface area (Å²) in [6.45, 7) is 9.60. The maximum absolute atomic E-state index is 12.4. The van der Waals surface area contributed by atoms with Crippen LogP contribution in [0.5, 0.6) is 0 Å². The maximum atomic E-state index is 12.4. The SMILES string of the molecule is CC(C)(C)N1CC[C@@H](CNC(=O)c2cccc(-n3cnnc3)c2)C1. The zero-order valence-electron chi connectivity index (χ0n) is 14.6. The van der Waals surface area contributed by atoms with E-state index in [1.54, 1.807) is 17.2 Å². The number of rotatable bonds is 4. The fourth-order valence-corrected chi connectivity index (χ4v) is 3.09. The van der Waals surface area contributed by atoms with E-state index in [-0.39, 0.29) is 11.4 Å². The molecule has 0 radical (unpaired) electrons. The van der Waals surface area contributed by atoms with E-state index in [4.69, 9.17) is 0 Å². The lowest BCUT2D eigenvalue weighted by Gasteiger charge is -2.31. The van der Waals surface area contributed by atoms with E-state index in [9.17, 15) is 4.79 Å². The van der Waals surface area contributed by atoms with Crippen LogP contribution >= 0.6 is 0 Å². The van der Waals surface area contributed by atoms with Gasteiger partial charge in [-0.3, -0.25) is 14.3 Å². The van der Waals surface area contributed by atoms with Gasteiger partial charge in [0.1, 0.15) is 12.7 Å². The number of hydrogen-bond acceptors (Lipinski definition) is 4. The molecule has 0 aliphatic carbocycles. The highest BCUT2D eigenvalue weighted by Crippen LogP contribution is 2.24. The molecule has 0 unspecified atom stereocenters. The van der Waals surface area contributed by atoms with Gasteiger partial charge in [0, 0.05) is 29.9 Å². The first-order valence-corrected chi connectivity index (χ1v) is 8.42.